The van der Waals surface area contributed by atoms with E-state index in [9.17, 15) is 19.3 Å². The highest BCUT2D eigenvalue weighted by atomic mass is 35.5. The SMILES string of the molecule is O=C(/C=C/c1cccc([N+](=O)[O-])c1)Nc1nn(Cc2c(F)cccc2Cl)cc1Cl. The lowest BCUT2D eigenvalue weighted by Crippen LogP contribution is -2.10. The Kier molecular flexibility index (Phi) is 6.26. The average molecular weight is 435 g/mol. The molecule has 0 aliphatic rings. The summed E-state index contributed by atoms with van der Waals surface area (Å²) in [5.41, 5.74) is 0.651. The molecule has 1 heterocycles. The zero-order chi connectivity index (χ0) is 21.0. The van der Waals surface area contributed by atoms with Gasteiger partial charge in [-0.1, -0.05) is 41.4 Å². The van der Waals surface area contributed by atoms with E-state index in [1.54, 1.807) is 12.1 Å². The molecule has 0 aliphatic heterocycles. The molecule has 0 spiro atoms. The summed E-state index contributed by atoms with van der Waals surface area (Å²) in [6.07, 6.45) is 4.05. The van der Waals surface area contributed by atoms with Crippen molar-refractivity contribution in [3.8, 4) is 0 Å². The van der Waals surface area contributed by atoms with Crippen molar-refractivity contribution < 1.29 is 14.1 Å². The molecule has 3 rings (SSSR count). The number of anilines is 1. The molecule has 10 heteroatoms. The van der Waals surface area contributed by atoms with Crippen LogP contribution in [0.5, 0.6) is 0 Å². The molecule has 1 N–H and O–H groups in total. The molecule has 29 heavy (non-hydrogen) atoms. The fourth-order valence-electron chi connectivity index (χ4n) is 2.48. The predicted molar refractivity (Wildman–Crippen MR) is 109 cm³/mol. The van der Waals surface area contributed by atoms with E-state index in [1.165, 1.54) is 53.4 Å². The van der Waals surface area contributed by atoms with E-state index in [1.807, 2.05) is 0 Å². The van der Waals surface area contributed by atoms with Crippen molar-refractivity contribution in [3.63, 3.8) is 0 Å². The van der Waals surface area contributed by atoms with Crippen LogP contribution in [0.3, 0.4) is 0 Å². The Morgan fingerprint density at radius 3 is 2.72 bits per heavy atom. The lowest BCUT2D eigenvalue weighted by Gasteiger charge is -2.05. The minimum absolute atomic E-state index is 0.0324. The molecule has 0 aliphatic carbocycles. The van der Waals surface area contributed by atoms with Crippen LogP contribution in [-0.2, 0) is 11.3 Å². The molecule has 7 nitrogen and oxygen atoms in total. The number of non-ortho nitro benzene ring substituents is 1. The molecule has 0 fully saturated rings. The van der Waals surface area contributed by atoms with Crippen molar-refractivity contribution in [2.24, 2.45) is 0 Å². The first kappa shape index (κ1) is 20.5. The van der Waals surface area contributed by atoms with Crippen LogP contribution in [0, 0.1) is 15.9 Å². The van der Waals surface area contributed by atoms with Gasteiger partial charge in [-0.25, -0.2) is 4.39 Å². The van der Waals surface area contributed by atoms with E-state index >= 15 is 0 Å². The topological polar surface area (TPSA) is 90.1 Å². The summed E-state index contributed by atoms with van der Waals surface area (Å²) in [5, 5.41) is 17.8. The number of nitro benzene ring substituents is 1. The number of amides is 1. The van der Waals surface area contributed by atoms with Crippen molar-refractivity contribution in [1.29, 1.82) is 0 Å². The molecule has 148 valence electrons. The Morgan fingerprint density at radius 2 is 2.00 bits per heavy atom. The number of carbonyl (C=O) groups is 1. The quantitative estimate of drug-likeness (QED) is 0.338. The van der Waals surface area contributed by atoms with Gasteiger partial charge in [0, 0.05) is 35.0 Å². The lowest BCUT2D eigenvalue weighted by molar-refractivity contribution is -0.384. The van der Waals surface area contributed by atoms with E-state index in [0.717, 1.165) is 0 Å². The minimum Gasteiger partial charge on any atom is -0.304 e. The summed E-state index contributed by atoms with van der Waals surface area (Å²) in [4.78, 5) is 22.4. The molecular weight excluding hydrogens is 422 g/mol. The van der Waals surface area contributed by atoms with Crippen molar-refractivity contribution in [2.75, 3.05) is 5.32 Å². The van der Waals surface area contributed by atoms with Gasteiger partial charge in [0.05, 0.1) is 11.5 Å². The maximum Gasteiger partial charge on any atom is 0.270 e. The molecule has 0 saturated heterocycles. The maximum atomic E-state index is 13.9. The highest BCUT2D eigenvalue weighted by molar-refractivity contribution is 6.33. The van der Waals surface area contributed by atoms with Crippen molar-refractivity contribution in [2.45, 2.75) is 6.54 Å². The van der Waals surface area contributed by atoms with Gasteiger partial charge in [-0.15, -0.1) is 0 Å². The number of hydrogen-bond donors (Lipinski definition) is 1. The Hall–Kier alpha value is -3.23. The van der Waals surface area contributed by atoms with Gasteiger partial charge >= 0.3 is 0 Å². The van der Waals surface area contributed by atoms with Crippen LogP contribution in [0.15, 0.2) is 54.7 Å². The van der Waals surface area contributed by atoms with Gasteiger partial charge < -0.3 is 5.32 Å². The van der Waals surface area contributed by atoms with Crippen molar-refractivity contribution >= 4 is 46.7 Å². The fraction of sp³-hybridized carbons (Fsp3) is 0.0526. The second-order valence-corrected chi connectivity index (χ2v) is 6.71. The monoisotopic (exact) mass is 434 g/mol. The number of halogens is 3. The second-order valence-electron chi connectivity index (χ2n) is 5.90. The molecular formula is C19H13Cl2FN4O3. The van der Waals surface area contributed by atoms with Crippen LogP contribution in [-0.4, -0.2) is 20.6 Å². The number of nitrogens with one attached hydrogen (secondary N) is 1. The molecule has 3 aromatic rings. The third kappa shape index (κ3) is 5.18. The largest absolute Gasteiger partial charge is 0.304 e. The number of nitro groups is 1. The summed E-state index contributed by atoms with van der Waals surface area (Å²) in [6, 6.07) is 10.2. The Bertz CT molecular complexity index is 1090. The first-order valence-corrected chi connectivity index (χ1v) is 8.98. The fourth-order valence-corrected chi connectivity index (χ4v) is 2.90. The summed E-state index contributed by atoms with van der Waals surface area (Å²) in [5.74, 6) is -0.921. The normalized spacial score (nSPS) is 11.0. The predicted octanol–water partition coefficient (Wildman–Crippen LogP) is 4.94. The van der Waals surface area contributed by atoms with Crippen LogP contribution >= 0.6 is 23.2 Å². The molecule has 0 bridgehead atoms. The summed E-state index contributed by atoms with van der Waals surface area (Å²) >= 11 is 12.1. The zero-order valence-corrected chi connectivity index (χ0v) is 16.2. The van der Waals surface area contributed by atoms with E-state index in [-0.39, 0.29) is 33.7 Å². The number of rotatable bonds is 6. The molecule has 1 aromatic heterocycles. The van der Waals surface area contributed by atoms with Crippen molar-refractivity contribution in [1.82, 2.24) is 9.78 Å². The smallest absolute Gasteiger partial charge is 0.270 e. The molecule has 2 aromatic carbocycles. The van der Waals surface area contributed by atoms with E-state index in [4.69, 9.17) is 23.2 Å². The second kappa shape index (κ2) is 8.85. The first-order valence-electron chi connectivity index (χ1n) is 8.23. The zero-order valence-electron chi connectivity index (χ0n) is 14.7. The van der Waals surface area contributed by atoms with Crippen LogP contribution in [0.2, 0.25) is 10.0 Å². The third-order valence-electron chi connectivity index (χ3n) is 3.85. The minimum atomic E-state index is -0.535. The summed E-state index contributed by atoms with van der Waals surface area (Å²) in [6.45, 7) is 0.0324. The highest BCUT2D eigenvalue weighted by Crippen LogP contribution is 2.24. The van der Waals surface area contributed by atoms with Crippen LogP contribution in [0.4, 0.5) is 15.9 Å². The summed E-state index contributed by atoms with van der Waals surface area (Å²) < 4.78 is 15.3. The average Bonchev–Trinajstić information content (AvgIpc) is 3.02. The highest BCUT2D eigenvalue weighted by Gasteiger charge is 2.13. The number of carbonyl (C=O) groups excluding carboxylic acids is 1. The maximum absolute atomic E-state index is 13.9. The van der Waals surface area contributed by atoms with Gasteiger partial charge in [0.25, 0.3) is 5.69 Å². The van der Waals surface area contributed by atoms with Crippen LogP contribution in [0.1, 0.15) is 11.1 Å². The van der Waals surface area contributed by atoms with E-state index in [0.29, 0.717) is 5.56 Å². The van der Waals surface area contributed by atoms with Gasteiger partial charge in [0.2, 0.25) is 5.91 Å². The summed E-state index contributed by atoms with van der Waals surface area (Å²) in [7, 11) is 0. The van der Waals surface area contributed by atoms with Crippen LogP contribution in [0.25, 0.3) is 6.08 Å². The van der Waals surface area contributed by atoms with Crippen molar-refractivity contribution in [3.05, 3.63) is 91.8 Å². The van der Waals surface area contributed by atoms with E-state index < -0.39 is 16.6 Å². The van der Waals surface area contributed by atoms with Crippen LogP contribution < -0.4 is 5.32 Å². The lowest BCUT2D eigenvalue weighted by atomic mass is 10.2. The van der Waals surface area contributed by atoms with Gasteiger partial charge in [-0.3, -0.25) is 19.6 Å². The Balaban J connectivity index is 1.70. The number of benzene rings is 2. The van der Waals surface area contributed by atoms with Gasteiger partial charge in [-0.2, -0.15) is 5.10 Å². The first-order chi connectivity index (χ1) is 13.8. The molecule has 0 radical (unpaired) electrons. The van der Waals surface area contributed by atoms with E-state index in [2.05, 4.69) is 10.4 Å². The van der Waals surface area contributed by atoms with Gasteiger partial charge in [0.1, 0.15) is 10.8 Å². The molecule has 0 saturated carbocycles. The molecule has 1 amide bonds. The molecule has 0 unspecified atom stereocenters. The Morgan fingerprint density at radius 1 is 1.24 bits per heavy atom. The standard InChI is InChI=1S/C19H13Cl2FN4O3/c20-15-5-2-6-17(22)14(15)10-25-11-16(21)19(24-25)23-18(27)8-7-12-3-1-4-13(9-12)26(28)29/h1-9,11H,10H2,(H,23,24,27)/b8-7+. The third-order valence-corrected chi connectivity index (χ3v) is 4.48. The number of nitrogens with zero attached hydrogens (tertiary/aromatic N) is 3. The Labute approximate surface area is 174 Å². The van der Waals surface area contributed by atoms with Gasteiger partial charge in [0.15, 0.2) is 5.82 Å². The molecule has 0 atom stereocenters. The number of hydrogen-bond acceptors (Lipinski definition) is 4. The number of aromatic nitrogens is 2. The van der Waals surface area contributed by atoms with Gasteiger partial charge in [-0.05, 0) is 23.8 Å².